The molecule has 1 aliphatic carbocycles. The van der Waals surface area contributed by atoms with Crippen molar-refractivity contribution in [2.75, 3.05) is 19.4 Å². The summed E-state index contributed by atoms with van der Waals surface area (Å²) in [5.41, 5.74) is 6.11. The minimum atomic E-state index is -3.49. The van der Waals surface area contributed by atoms with Crippen LogP contribution in [0.2, 0.25) is 0 Å². The first-order chi connectivity index (χ1) is 9.53. The van der Waals surface area contributed by atoms with Gasteiger partial charge in [-0.05, 0) is 24.5 Å². The quantitative estimate of drug-likeness (QED) is 0.788. The van der Waals surface area contributed by atoms with Crippen LogP contribution in [0.3, 0.4) is 0 Å². The fraction of sp³-hybridized carbons (Fsp3) is 0.571. The third-order valence-electron chi connectivity index (χ3n) is 3.83. The van der Waals surface area contributed by atoms with Gasteiger partial charge in [-0.2, -0.15) is 0 Å². The number of hydrogen-bond donors (Lipinski definition) is 2. The number of hydrogen-bond acceptors (Lipinski definition) is 4. The molecule has 0 bridgehead atoms. The van der Waals surface area contributed by atoms with E-state index in [4.69, 9.17) is 10.5 Å². The van der Waals surface area contributed by atoms with Crippen molar-refractivity contribution in [3.05, 3.63) is 18.2 Å². The lowest BCUT2D eigenvalue weighted by atomic mass is 10.1. The molecule has 1 aromatic rings. The Kier molecular flexibility index (Phi) is 4.88. The summed E-state index contributed by atoms with van der Waals surface area (Å²) < 4.78 is 32.1. The summed E-state index contributed by atoms with van der Waals surface area (Å²) in [4.78, 5) is 0.190. The molecule has 0 heterocycles. The molecular formula is C14H22N2O3S. The van der Waals surface area contributed by atoms with Crippen LogP contribution < -0.4 is 15.2 Å². The number of methoxy groups -OCH3 is 1. The van der Waals surface area contributed by atoms with Crippen LogP contribution in [0, 0.1) is 5.92 Å². The van der Waals surface area contributed by atoms with Crippen LogP contribution in [-0.4, -0.2) is 22.1 Å². The summed E-state index contributed by atoms with van der Waals surface area (Å²) in [7, 11) is -2.02. The van der Waals surface area contributed by atoms with Crippen molar-refractivity contribution < 1.29 is 13.2 Å². The van der Waals surface area contributed by atoms with Crippen LogP contribution in [0.25, 0.3) is 0 Å². The Morgan fingerprint density at radius 1 is 1.35 bits per heavy atom. The van der Waals surface area contributed by atoms with E-state index in [1.54, 1.807) is 6.07 Å². The molecule has 0 radical (unpaired) electrons. The van der Waals surface area contributed by atoms with E-state index in [2.05, 4.69) is 4.72 Å². The molecule has 6 heteroatoms. The van der Waals surface area contributed by atoms with Crippen molar-refractivity contribution in [1.82, 2.24) is 4.72 Å². The fourth-order valence-corrected chi connectivity index (χ4v) is 3.70. The second-order valence-corrected chi connectivity index (χ2v) is 7.01. The van der Waals surface area contributed by atoms with Crippen molar-refractivity contribution in [3.8, 4) is 5.75 Å². The van der Waals surface area contributed by atoms with Gasteiger partial charge >= 0.3 is 0 Å². The lowest BCUT2D eigenvalue weighted by Gasteiger charge is -2.11. The standard InChI is InChI=1S/C14H22N2O3S/c1-19-14-10-12(6-7-13(14)15)20(17,18)16-9-8-11-4-2-3-5-11/h6-7,10-11,16H,2-5,8-9,15H2,1H3. The van der Waals surface area contributed by atoms with Gasteiger partial charge in [0.2, 0.25) is 10.0 Å². The van der Waals surface area contributed by atoms with Gasteiger partial charge in [0.1, 0.15) is 5.75 Å². The molecule has 1 saturated carbocycles. The molecule has 0 unspecified atom stereocenters. The molecule has 0 amide bonds. The van der Waals surface area contributed by atoms with Crippen molar-refractivity contribution in [3.63, 3.8) is 0 Å². The summed E-state index contributed by atoms with van der Waals surface area (Å²) >= 11 is 0. The fourth-order valence-electron chi connectivity index (χ4n) is 2.64. The van der Waals surface area contributed by atoms with Crippen LogP contribution >= 0.6 is 0 Å². The highest BCUT2D eigenvalue weighted by Crippen LogP contribution is 2.27. The second-order valence-electron chi connectivity index (χ2n) is 5.24. The Morgan fingerprint density at radius 3 is 2.70 bits per heavy atom. The molecule has 5 nitrogen and oxygen atoms in total. The molecule has 1 aromatic carbocycles. The molecule has 0 saturated heterocycles. The van der Waals surface area contributed by atoms with Gasteiger partial charge in [0.15, 0.2) is 0 Å². The SMILES string of the molecule is COc1cc(S(=O)(=O)NCCC2CCCC2)ccc1N. The predicted octanol–water partition coefficient (Wildman–Crippen LogP) is 2.14. The number of sulfonamides is 1. The Hall–Kier alpha value is -1.27. The number of benzene rings is 1. The largest absolute Gasteiger partial charge is 0.495 e. The molecule has 0 atom stereocenters. The lowest BCUT2D eigenvalue weighted by molar-refractivity contribution is 0.415. The van der Waals surface area contributed by atoms with Gasteiger partial charge in [0, 0.05) is 12.6 Å². The Balaban J connectivity index is 1.98. The lowest BCUT2D eigenvalue weighted by Crippen LogP contribution is -2.26. The molecule has 0 aliphatic heterocycles. The van der Waals surface area contributed by atoms with Crippen molar-refractivity contribution in [1.29, 1.82) is 0 Å². The zero-order chi connectivity index (χ0) is 14.6. The Morgan fingerprint density at radius 2 is 2.05 bits per heavy atom. The minimum Gasteiger partial charge on any atom is -0.495 e. The van der Waals surface area contributed by atoms with E-state index < -0.39 is 10.0 Å². The number of ether oxygens (including phenoxy) is 1. The van der Waals surface area contributed by atoms with Gasteiger partial charge in [-0.25, -0.2) is 13.1 Å². The van der Waals surface area contributed by atoms with Crippen LogP contribution in [0.15, 0.2) is 23.1 Å². The monoisotopic (exact) mass is 298 g/mol. The van der Waals surface area contributed by atoms with Crippen molar-refractivity contribution >= 4 is 15.7 Å². The van der Waals surface area contributed by atoms with E-state index in [-0.39, 0.29) is 4.90 Å². The molecule has 2 rings (SSSR count). The van der Waals surface area contributed by atoms with Crippen LogP contribution in [0.4, 0.5) is 5.69 Å². The van der Waals surface area contributed by atoms with E-state index >= 15 is 0 Å². The highest BCUT2D eigenvalue weighted by atomic mass is 32.2. The maximum atomic E-state index is 12.2. The normalized spacial score (nSPS) is 16.4. The number of nitrogen functional groups attached to an aromatic ring is 1. The van der Waals surface area contributed by atoms with E-state index in [1.165, 1.54) is 44.9 Å². The summed E-state index contributed by atoms with van der Waals surface area (Å²) in [6.07, 6.45) is 5.89. The van der Waals surface area contributed by atoms with Crippen LogP contribution in [0.5, 0.6) is 5.75 Å². The first-order valence-corrected chi connectivity index (χ1v) is 8.44. The number of nitrogens with two attached hydrogens (primary N) is 1. The van der Waals surface area contributed by atoms with E-state index in [1.807, 2.05) is 0 Å². The van der Waals surface area contributed by atoms with Crippen molar-refractivity contribution in [2.45, 2.75) is 37.0 Å². The number of rotatable bonds is 6. The summed E-state index contributed by atoms with van der Waals surface area (Å²) in [5, 5.41) is 0. The molecule has 1 aliphatic rings. The van der Waals surface area contributed by atoms with Crippen LogP contribution in [-0.2, 0) is 10.0 Å². The maximum absolute atomic E-state index is 12.2. The molecule has 112 valence electrons. The van der Waals surface area contributed by atoms with Gasteiger partial charge in [-0.3, -0.25) is 0 Å². The third kappa shape index (κ3) is 3.64. The first kappa shape index (κ1) is 15.1. The average molecular weight is 298 g/mol. The molecule has 20 heavy (non-hydrogen) atoms. The van der Waals surface area contributed by atoms with E-state index in [0.29, 0.717) is 23.9 Å². The highest BCUT2D eigenvalue weighted by Gasteiger charge is 2.18. The smallest absolute Gasteiger partial charge is 0.240 e. The second kappa shape index (κ2) is 6.45. The van der Waals surface area contributed by atoms with Gasteiger partial charge in [0.05, 0.1) is 17.7 Å². The minimum absolute atomic E-state index is 0.190. The van der Waals surface area contributed by atoms with E-state index in [0.717, 1.165) is 6.42 Å². The van der Waals surface area contributed by atoms with Crippen molar-refractivity contribution in [2.24, 2.45) is 5.92 Å². The third-order valence-corrected chi connectivity index (χ3v) is 5.29. The summed E-state index contributed by atoms with van der Waals surface area (Å²) in [6, 6.07) is 4.49. The molecule has 1 fully saturated rings. The summed E-state index contributed by atoms with van der Waals surface area (Å²) in [5.74, 6) is 1.04. The summed E-state index contributed by atoms with van der Waals surface area (Å²) in [6.45, 7) is 0.486. The van der Waals surface area contributed by atoms with Gasteiger partial charge in [-0.1, -0.05) is 25.7 Å². The topological polar surface area (TPSA) is 81.4 Å². The average Bonchev–Trinajstić information content (AvgIpc) is 2.92. The van der Waals surface area contributed by atoms with E-state index in [9.17, 15) is 8.42 Å². The predicted molar refractivity (Wildman–Crippen MR) is 79.2 cm³/mol. The molecule has 3 N–H and O–H groups in total. The molecule has 0 aromatic heterocycles. The Labute approximate surface area is 120 Å². The van der Waals surface area contributed by atoms with Gasteiger partial charge < -0.3 is 10.5 Å². The molecular weight excluding hydrogens is 276 g/mol. The zero-order valence-electron chi connectivity index (χ0n) is 11.8. The Bertz CT molecular complexity index is 552. The first-order valence-electron chi connectivity index (χ1n) is 6.96. The zero-order valence-corrected chi connectivity index (χ0v) is 12.6. The maximum Gasteiger partial charge on any atom is 0.240 e. The van der Waals surface area contributed by atoms with Crippen LogP contribution in [0.1, 0.15) is 32.1 Å². The van der Waals surface area contributed by atoms with Gasteiger partial charge in [0.25, 0.3) is 0 Å². The highest BCUT2D eigenvalue weighted by molar-refractivity contribution is 7.89. The molecule has 0 spiro atoms. The number of anilines is 1. The van der Waals surface area contributed by atoms with Gasteiger partial charge in [-0.15, -0.1) is 0 Å². The number of nitrogens with one attached hydrogen (secondary N) is 1.